The van der Waals surface area contributed by atoms with Gasteiger partial charge >= 0.3 is 0 Å². The van der Waals surface area contributed by atoms with E-state index < -0.39 is 0 Å². The van der Waals surface area contributed by atoms with Crippen molar-refractivity contribution in [2.45, 2.75) is 13.3 Å². The summed E-state index contributed by atoms with van der Waals surface area (Å²) in [6, 6.07) is 10.5. The highest BCUT2D eigenvalue weighted by molar-refractivity contribution is 6.18. The van der Waals surface area contributed by atoms with Gasteiger partial charge in [-0.3, -0.25) is 0 Å². The van der Waals surface area contributed by atoms with Crippen LogP contribution >= 0.6 is 11.6 Å². The van der Waals surface area contributed by atoms with E-state index in [0.29, 0.717) is 5.92 Å². The van der Waals surface area contributed by atoms with Crippen LogP contribution in [0.4, 0.5) is 0 Å². The Morgan fingerprint density at radius 2 is 1.83 bits per heavy atom. The summed E-state index contributed by atoms with van der Waals surface area (Å²) in [7, 11) is 0. The lowest BCUT2D eigenvalue weighted by Gasteiger charge is -2.05. The summed E-state index contributed by atoms with van der Waals surface area (Å²) >= 11 is 5.70. The second-order valence-corrected chi connectivity index (χ2v) is 3.26. The van der Waals surface area contributed by atoms with Crippen molar-refractivity contribution in [3.8, 4) is 0 Å². The number of alkyl halides is 1. The van der Waals surface area contributed by atoms with Gasteiger partial charge in [-0.1, -0.05) is 37.3 Å². The van der Waals surface area contributed by atoms with Gasteiger partial charge in [-0.2, -0.15) is 0 Å². The highest BCUT2D eigenvalue weighted by Crippen LogP contribution is 2.08. The SMILES string of the molecule is CC(CCl)Cc1ccccc1.N. The number of hydrogen-bond donors (Lipinski definition) is 1. The standard InChI is InChI=1S/C10H13Cl.H3N/c1-9(8-11)7-10-5-3-2-4-6-10;/h2-6,9H,7-8H2,1H3;1H3. The smallest absolute Gasteiger partial charge is 0.0252 e. The summed E-state index contributed by atoms with van der Waals surface area (Å²) in [5.41, 5.74) is 1.38. The molecule has 0 saturated carbocycles. The summed E-state index contributed by atoms with van der Waals surface area (Å²) in [6.07, 6.45) is 1.09. The first-order valence-corrected chi connectivity index (χ1v) is 4.46. The van der Waals surface area contributed by atoms with Crippen LogP contribution in [0.15, 0.2) is 30.3 Å². The molecular weight excluding hydrogens is 170 g/mol. The molecule has 1 aromatic carbocycles. The van der Waals surface area contributed by atoms with Crippen LogP contribution in [-0.4, -0.2) is 5.88 Å². The Bertz CT molecular complexity index is 198. The fraction of sp³-hybridized carbons (Fsp3) is 0.400. The number of halogens is 1. The monoisotopic (exact) mass is 185 g/mol. The quantitative estimate of drug-likeness (QED) is 0.721. The van der Waals surface area contributed by atoms with Crippen molar-refractivity contribution < 1.29 is 0 Å². The summed E-state index contributed by atoms with van der Waals surface area (Å²) < 4.78 is 0. The molecule has 1 atom stereocenters. The fourth-order valence-corrected chi connectivity index (χ4v) is 1.18. The van der Waals surface area contributed by atoms with E-state index in [1.807, 2.05) is 6.07 Å². The highest BCUT2D eigenvalue weighted by Gasteiger charge is 1.99. The van der Waals surface area contributed by atoms with E-state index in [4.69, 9.17) is 11.6 Å². The molecule has 68 valence electrons. The van der Waals surface area contributed by atoms with Crippen LogP contribution in [0, 0.1) is 5.92 Å². The van der Waals surface area contributed by atoms with E-state index in [-0.39, 0.29) is 6.15 Å². The van der Waals surface area contributed by atoms with E-state index >= 15 is 0 Å². The van der Waals surface area contributed by atoms with Crippen molar-refractivity contribution in [2.75, 3.05) is 5.88 Å². The first-order valence-electron chi connectivity index (χ1n) is 3.93. The Hall–Kier alpha value is -0.530. The topological polar surface area (TPSA) is 35.0 Å². The van der Waals surface area contributed by atoms with Gasteiger partial charge in [-0.05, 0) is 17.9 Å². The Kier molecular flexibility index (Phi) is 5.77. The van der Waals surface area contributed by atoms with Gasteiger partial charge in [0.05, 0.1) is 0 Å². The molecular formula is C10H16ClN. The Morgan fingerprint density at radius 3 is 2.33 bits per heavy atom. The minimum atomic E-state index is 0. The molecule has 0 saturated heterocycles. The summed E-state index contributed by atoms with van der Waals surface area (Å²) in [5.74, 6) is 1.33. The van der Waals surface area contributed by atoms with Gasteiger partial charge in [-0.15, -0.1) is 11.6 Å². The molecule has 0 radical (unpaired) electrons. The zero-order valence-electron chi connectivity index (χ0n) is 7.46. The van der Waals surface area contributed by atoms with Crippen LogP contribution in [0.3, 0.4) is 0 Å². The van der Waals surface area contributed by atoms with Gasteiger partial charge in [0.2, 0.25) is 0 Å². The molecule has 0 amide bonds. The maximum Gasteiger partial charge on any atom is 0.0252 e. The normalized spacial score (nSPS) is 11.8. The molecule has 12 heavy (non-hydrogen) atoms. The average Bonchev–Trinajstić information content (AvgIpc) is 2.06. The Balaban J connectivity index is 0.00000121. The molecule has 0 heterocycles. The third-order valence-corrected chi connectivity index (χ3v) is 2.22. The molecule has 0 fully saturated rings. The van der Waals surface area contributed by atoms with Gasteiger partial charge in [0.25, 0.3) is 0 Å². The highest BCUT2D eigenvalue weighted by atomic mass is 35.5. The van der Waals surface area contributed by atoms with E-state index in [1.54, 1.807) is 0 Å². The zero-order chi connectivity index (χ0) is 8.10. The predicted molar refractivity (Wildman–Crippen MR) is 55.1 cm³/mol. The molecule has 0 aliphatic heterocycles. The van der Waals surface area contributed by atoms with E-state index in [1.165, 1.54) is 5.56 Å². The lowest BCUT2D eigenvalue weighted by Crippen LogP contribution is -2.00. The predicted octanol–water partition coefficient (Wildman–Crippen LogP) is 3.27. The molecule has 0 aliphatic carbocycles. The van der Waals surface area contributed by atoms with E-state index in [9.17, 15) is 0 Å². The van der Waals surface area contributed by atoms with Crippen LogP contribution in [0.2, 0.25) is 0 Å². The lowest BCUT2D eigenvalue weighted by atomic mass is 10.0. The fourth-order valence-electron chi connectivity index (χ4n) is 1.07. The molecule has 0 spiro atoms. The summed E-state index contributed by atoms with van der Waals surface area (Å²) in [5, 5.41) is 0. The second-order valence-electron chi connectivity index (χ2n) is 2.95. The first-order chi connectivity index (χ1) is 5.33. The van der Waals surface area contributed by atoms with Gasteiger partial charge in [0.1, 0.15) is 0 Å². The number of benzene rings is 1. The van der Waals surface area contributed by atoms with Crippen molar-refractivity contribution >= 4 is 11.6 Å². The van der Waals surface area contributed by atoms with Gasteiger partial charge in [-0.25, -0.2) is 0 Å². The summed E-state index contributed by atoms with van der Waals surface area (Å²) in [4.78, 5) is 0. The Morgan fingerprint density at radius 1 is 1.25 bits per heavy atom. The molecule has 3 N–H and O–H groups in total. The maximum atomic E-state index is 5.70. The molecule has 1 nitrogen and oxygen atoms in total. The van der Waals surface area contributed by atoms with Crippen molar-refractivity contribution in [1.29, 1.82) is 0 Å². The average molecular weight is 186 g/mol. The molecule has 1 unspecified atom stereocenters. The molecule has 1 rings (SSSR count). The molecule has 0 aromatic heterocycles. The third kappa shape index (κ3) is 3.74. The number of rotatable bonds is 3. The van der Waals surface area contributed by atoms with Crippen LogP contribution in [0.5, 0.6) is 0 Å². The second kappa shape index (κ2) is 6.04. The van der Waals surface area contributed by atoms with Gasteiger partial charge in [0.15, 0.2) is 0 Å². The van der Waals surface area contributed by atoms with E-state index in [2.05, 4.69) is 31.2 Å². The van der Waals surface area contributed by atoms with Crippen LogP contribution in [-0.2, 0) is 6.42 Å². The van der Waals surface area contributed by atoms with Crippen molar-refractivity contribution in [3.05, 3.63) is 35.9 Å². The zero-order valence-corrected chi connectivity index (χ0v) is 8.22. The largest absolute Gasteiger partial charge is 0.344 e. The molecule has 2 heteroatoms. The number of hydrogen-bond acceptors (Lipinski definition) is 1. The van der Waals surface area contributed by atoms with E-state index in [0.717, 1.165) is 12.3 Å². The minimum absolute atomic E-state index is 0. The third-order valence-electron chi connectivity index (χ3n) is 1.69. The molecule has 1 aromatic rings. The van der Waals surface area contributed by atoms with Crippen molar-refractivity contribution in [3.63, 3.8) is 0 Å². The van der Waals surface area contributed by atoms with Gasteiger partial charge < -0.3 is 6.15 Å². The summed E-state index contributed by atoms with van der Waals surface area (Å²) in [6.45, 7) is 2.17. The maximum absolute atomic E-state index is 5.70. The minimum Gasteiger partial charge on any atom is -0.344 e. The van der Waals surface area contributed by atoms with Crippen LogP contribution in [0.1, 0.15) is 12.5 Å². The van der Waals surface area contributed by atoms with Crippen molar-refractivity contribution in [1.82, 2.24) is 6.15 Å². The Labute approximate surface area is 79.3 Å². The van der Waals surface area contributed by atoms with Crippen LogP contribution in [0.25, 0.3) is 0 Å². The first kappa shape index (κ1) is 11.5. The van der Waals surface area contributed by atoms with Crippen molar-refractivity contribution in [2.24, 2.45) is 5.92 Å². The molecule has 0 aliphatic rings. The molecule has 0 bridgehead atoms. The van der Waals surface area contributed by atoms with Gasteiger partial charge in [0, 0.05) is 5.88 Å². The van der Waals surface area contributed by atoms with Crippen LogP contribution < -0.4 is 6.15 Å². The lowest BCUT2D eigenvalue weighted by molar-refractivity contribution is 0.655.